The molecule has 3 rings (SSSR count). The van der Waals surface area contributed by atoms with Crippen molar-refractivity contribution in [1.82, 2.24) is 15.5 Å². The van der Waals surface area contributed by atoms with Gasteiger partial charge >= 0.3 is 12.0 Å². The maximum absolute atomic E-state index is 12.6. The minimum absolute atomic E-state index is 0. The largest absolute Gasteiger partial charge is 0.468 e. The van der Waals surface area contributed by atoms with Crippen molar-refractivity contribution in [3.63, 3.8) is 0 Å². The van der Waals surface area contributed by atoms with Gasteiger partial charge in [0.1, 0.15) is 5.54 Å². The van der Waals surface area contributed by atoms with Crippen LogP contribution in [0.2, 0.25) is 0 Å². The van der Waals surface area contributed by atoms with E-state index in [1.807, 2.05) is 4.90 Å². The third kappa shape index (κ3) is 7.41. The normalized spacial score (nSPS) is 28.1. The second-order valence-electron chi connectivity index (χ2n) is 8.58. The maximum atomic E-state index is 12.6. The molecule has 0 atom stereocenters. The first-order chi connectivity index (χ1) is 13.5. The van der Waals surface area contributed by atoms with Gasteiger partial charge < -0.3 is 30.7 Å². The highest BCUT2D eigenvalue weighted by atomic mass is 35.5. The van der Waals surface area contributed by atoms with Crippen molar-refractivity contribution in [2.24, 2.45) is 11.7 Å². The molecule has 2 aliphatic heterocycles. The lowest BCUT2D eigenvalue weighted by Crippen LogP contribution is -2.55. The molecule has 2 heterocycles. The highest BCUT2D eigenvalue weighted by molar-refractivity contribution is 5.85. The van der Waals surface area contributed by atoms with Crippen LogP contribution in [0.3, 0.4) is 0 Å². The maximum Gasteiger partial charge on any atom is 0.325 e. The van der Waals surface area contributed by atoms with Crippen LogP contribution in [0.4, 0.5) is 4.79 Å². The Bertz CT molecular complexity index is 533. The molecule has 10 heteroatoms. The second-order valence-corrected chi connectivity index (χ2v) is 8.58. The van der Waals surface area contributed by atoms with Crippen LogP contribution < -0.4 is 16.4 Å². The zero-order valence-corrected chi connectivity index (χ0v) is 19.5. The molecule has 1 aliphatic carbocycles. The van der Waals surface area contributed by atoms with E-state index in [9.17, 15) is 9.59 Å². The molecule has 30 heavy (non-hydrogen) atoms. The van der Waals surface area contributed by atoms with E-state index in [0.29, 0.717) is 31.6 Å². The quantitative estimate of drug-likeness (QED) is 0.531. The summed E-state index contributed by atoms with van der Waals surface area (Å²) >= 11 is 0. The molecule has 0 unspecified atom stereocenters. The Labute approximate surface area is 192 Å². The topological polar surface area (TPSA) is 106 Å². The molecule has 3 fully saturated rings. The Hall–Kier alpha value is -0.800. The number of halogens is 2. The number of hydrogen-bond donors (Lipinski definition) is 3. The molecule has 176 valence electrons. The fourth-order valence-electron chi connectivity index (χ4n) is 4.50. The average molecular weight is 469 g/mol. The summed E-state index contributed by atoms with van der Waals surface area (Å²) in [6, 6.07) is 0.0621. The number of ether oxygens (including phenoxy) is 2. The van der Waals surface area contributed by atoms with Crippen LogP contribution in [-0.4, -0.2) is 74.5 Å². The lowest BCUT2D eigenvalue weighted by molar-refractivity contribution is -0.148. The van der Waals surface area contributed by atoms with Gasteiger partial charge in [-0.2, -0.15) is 0 Å². The molecule has 2 amide bonds. The average Bonchev–Trinajstić information content (AvgIpc) is 2.74. The molecule has 0 radical (unpaired) electrons. The van der Waals surface area contributed by atoms with Gasteiger partial charge in [-0.05, 0) is 70.4 Å². The Morgan fingerprint density at radius 1 is 1.07 bits per heavy atom. The van der Waals surface area contributed by atoms with E-state index >= 15 is 0 Å². The molecule has 0 spiro atoms. The molecule has 0 aromatic heterocycles. The number of carbonyl (C=O) groups excluding carboxylic acids is 2. The van der Waals surface area contributed by atoms with Gasteiger partial charge in [0, 0.05) is 25.7 Å². The number of likely N-dealkylation sites (tertiary alicyclic amines) is 1. The molecule has 0 aromatic carbocycles. The zero-order valence-electron chi connectivity index (χ0n) is 17.9. The fourth-order valence-corrected chi connectivity index (χ4v) is 4.50. The van der Waals surface area contributed by atoms with Gasteiger partial charge in [0.2, 0.25) is 0 Å². The SMILES string of the molecule is COC(=O)C1(N)CCC(NC(=O)N2CCC(OCC3CCNCC3)CC2)CC1.Cl.Cl. The predicted molar refractivity (Wildman–Crippen MR) is 120 cm³/mol. The Balaban J connectivity index is 0.00000225. The molecular weight excluding hydrogens is 431 g/mol. The number of amides is 2. The number of rotatable bonds is 5. The Morgan fingerprint density at radius 2 is 1.67 bits per heavy atom. The summed E-state index contributed by atoms with van der Waals surface area (Å²) in [4.78, 5) is 26.2. The summed E-state index contributed by atoms with van der Waals surface area (Å²) in [5, 5.41) is 6.49. The number of nitrogens with zero attached hydrogens (tertiary/aromatic N) is 1. The number of piperidine rings is 2. The third-order valence-electron chi connectivity index (χ3n) is 6.55. The van der Waals surface area contributed by atoms with Crippen molar-refractivity contribution in [3.8, 4) is 0 Å². The minimum Gasteiger partial charge on any atom is -0.468 e. The lowest BCUT2D eigenvalue weighted by atomic mass is 9.80. The Kier molecular flexibility index (Phi) is 11.7. The number of hydrogen-bond acceptors (Lipinski definition) is 6. The molecule has 0 bridgehead atoms. The van der Waals surface area contributed by atoms with Gasteiger partial charge in [-0.25, -0.2) is 4.79 Å². The van der Waals surface area contributed by atoms with Crippen molar-refractivity contribution in [1.29, 1.82) is 0 Å². The van der Waals surface area contributed by atoms with E-state index in [1.54, 1.807) is 0 Å². The van der Waals surface area contributed by atoms with Crippen LogP contribution in [0.25, 0.3) is 0 Å². The van der Waals surface area contributed by atoms with Gasteiger partial charge in [0.15, 0.2) is 0 Å². The van der Waals surface area contributed by atoms with Gasteiger partial charge in [0.05, 0.1) is 13.2 Å². The van der Waals surface area contributed by atoms with Crippen molar-refractivity contribution in [3.05, 3.63) is 0 Å². The van der Waals surface area contributed by atoms with Crippen molar-refractivity contribution in [2.75, 3.05) is 39.9 Å². The van der Waals surface area contributed by atoms with E-state index in [1.165, 1.54) is 20.0 Å². The summed E-state index contributed by atoms with van der Waals surface area (Å²) in [6.45, 7) is 4.51. The molecule has 1 saturated carbocycles. The summed E-state index contributed by atoms with van der Waals surface area (Å²) in [5.74, 6) is 0.317. The molecular formula is C20H38Cl2N4O4. The van der Waals surface area contributed by atoms with Gasteiger partial charge in [-0.1, -0.05) is 0 Å². The second kappa shape index (κ2) is 12.9. The monoisotopic (exact) mass is 468 g/mol. The highest BCUT2D eigenvalue weighted by Crippen LogP contribution is 2.28. The number of esters is 1. The van der Waals surface area contributed by atoms with Crippen LogP contribution >= 0.6 is 24.8 Å². The van der Waals surface area contributed by atoms with E-state index < -0.39 is 5.54 Å². The number of urea groups is 1. The van der Waals surface area contributed by atoms with E-state index in [-0.39, 0.29) is 49.0 Å². The first-order valence-electron chi connectivity index (χ1n) is 10.8. The van der Waals surface area contributed by atoms with E-state index in [2.05, 4.69) is 10.6 Å². The van der Waals surface area contributed by atoms with Crippen LogP contribution in [-0.2, 0) is 14.3 Å². The molecule has 8 nitrogen and oxygen atoms in total. The molecule has 3 aliphatic rings. The lowest BCUT2D eigenvalue weighted by Gasteiger charge is -2.37. The van der Waals surface area contributed by atoms with Crippen LogP contribution in [0, 0.1) is 5.92 Å². The molecule has 0 aromatic rings. The van der Waals surface area contributed by atoms with Gasteiger partial charge in [-0.3, -0.25) is 4.79 Å². The minimum atomic E-state index is -0.903. The summed E-state index contributed by atoms with van der Waals surface area (Å²) in [5.41, 5.74) is 5.23. The zero-order chi connectivity index (χ0) is 20.0. The van der Waals surface area contributed by atoms with Crippen LogP contribution in [0.1, 0.15) is 51.4 Å². The molecule has 4 N–H and O–H groups in total. The summed E-state index contributed by atoms with van der Waals surface area (Å²) in [6.07, 6.45) is 6.95. The predicted octanol–water partition coefficient (Wildman–Crippen LogP) is 1.83. The van der Waals surface area contributed by atoms with Crippen molar-refractivity contribution >= 4 is 36.8 Å². The van der Waals surface area contributed by atoms with Gasteiger partial charge in [0.25, 0.3) is 0 Å². The number of nitrogens with two attached hydrogens (primary N) is 1. The smallest absolute Gasteiger partial charge is 0.325 e. The molecule has 2 saturated heterocycles. The van der Waals surface area contributed by atoms with Crippen LogP contribution in [0.15, 0.2) is 0 Å². The van der Waals surface area contributed by atoms with Crippen molar-refractivity contribution < 1.29 is 19.1 Å². The first-order valence-corrected chi connectivity index (χ1v) is 10.8. The third-order valence-corrected chi connectivity index (χ3v) is 6.55. The van der Waals surface area contributed by atoms with E-state index in [4.69, 9.17) is 15.2 Å². The Morgan fingerprint density at radius 3 is 2.23 bits per heavy atom. The van der Waals surface area contributed by atoms with Gasteiger partial charge in [-0.15, -0.1) is 24.8 Å². The number of methoxy groups -OCH3 is 1. The number of carbonyl (C=O) groups is 2. The summed E-state index contributed by atoms with van der Waals surface area (Å²) < 4.78 is 10.9. The first kappa shape index (κ1) is 27.2. The highest BCUT2D eigenvalue weighted by Gasteiger charge is 2.40. The fraction of sp³-hybridized carbons (Fsp3) is 0.900. The number of nitrogens with one attached hydrogen (secondary N) is 2. The van der Waals surface area contributed by atoms with Crippen LogP contribution in [0.5, 0.6) is 0 Å². The summed E-state index contributed by atoms with van der Waals surface area (Å²) in [7, 11) is 1.37. The van der Waals surface area contributed by atoms with Crippen molar-refractivity contribution in [2.45, 2.75) is 69.1 Å². The van der Waals surface area contributed by atoms with E-state index in [0.717, 1.165) is 45.6 Å². The standard InChI is InChI=1S/C20H36N4O4.2ClH/c1-27-18(25)20(21)8-2-16(3-9-20)23-19(26)24-12-6-17(7-13-24)28-14-15-4-10-22-11-5-15;;/h15-17,22H,2-14,21H2,1H3,(H,23,26);2*1H.